The Morgan fingerprint density at radius 1 is 1.00 bits per heavy atom. The number of aliphatic imine (C=N–C) groups is 1. The predicted molar refractivity (Wildman–Crippen MR) is 136 cm³/mol. The van der Waals surface area contributed by atoms with E-state index in [9.17, 15) is 9.90 Å². The lowest BCUT2D eigenvalue weighted by atomic mass is 10.1. The number of carboxylic acid groups (broad SMARTS) is 1. The van der Waals surface area contributed by atoms with Crippen molar-refractivity contribution in [3.8, 4) is 5.75 Å². The van der Waals surface area contributed by atoms with Crippen molar-refractivity contribution in [2.24, 2.45) is 4.99 Å². The van der Waals surface area contributed by atoms with Gasteiger partial charge >= 0.3 is 5.97 Å². The number of carbonyl (C=O) groups is 1. The van der Waals surface area contributed by atoms with Crippen LogP contribution in [0, 0.1) is 6.92 Å². The van der Waals surface area contributed by atoms with Gasteiger partial charge in [-0.25, -0.2) is 9.79 Å². The third kappa shape index (κ3) is 5.86. The molecule has 1 saturated heterocycles. The van der Waals surface area contributed by atoms with Crippen LogP contribution in [-0.2, 0) is 6.54 Å². The van der Waals surface area contributed by atoms with Crippen LogP contribution in [0.2, 0.25) is 0 Å². The number of aromatic carboxylic acids is 1. The SMILES string of the molecule is COc1ccc(N2CCN(C(=NCc3ccc(C)cc3)Nc3cccc(C(=O)O)c3)CC2)cc1. The number of carboxylic acids is 1. The minimum atomic E-state index is -0.949. The first-order valence-corrected chi connectivity index (χ1v) is 11.4. The molecule has 7 nitrogen and oxygen atoms in total. The molecule has 0 radical (unpaired) electrons. The summed E-state index contributed by atoms with van der Waals surface area (Å²) in [5.74, 6) is 0.646. The summed E-state index contributed by atoms with van der Waals surface area (Å²) >= 11 is 0. The Morgan fingerprint density at radius 3 is 2.35 bits per heavy atom. The summed E-state index contributed by atoms with van der Waals surface area (Å²) in [6, 6.07) is 23.3. The average molecular weight is 459 g/mol. The first kappa shape index (κ1) is 23.2. The Hall–Kier alpha value is -4.00. The second kappa shape index (κ2) is 10.7. The Kier molecular flexibility index (Phi) is 7.32. The van der Waals surface area contributed by atoms with Gasteiger partial charge in [-0.2, -0.15) is 0 Å². The summed E-state index contributed by atoms with van der Waals surface area (Å²) in [6.07, 6.45) is 0. The van der Waals surface area contributed by atoms with Crippen LogP contribution in [0.15, 0.2) is 77.8 Å². The highest BCUT2D eigenvalue weighted by molar-refractivity contribution is 5.96. The number of anilines is 2. The zero-order chi connectivity index (χ0) is 23.9. The van der Waals surface area contributed by atoms with Crippen LogP contribution in [-0.4, -0.2) is 55.2 Å². The molecule has 0 amide bonds. The van der Waals surface area contributed by atoms with E-state index in [1.807, 2.05) is 18.2 Å². The third-order valence-electron chi connectivity index (χ3n) is 5.91. The fraction of sp³-hybridized carbons (Fsp3) is 0.259. The monoisotopic (exact) mass is 458 g/mol. The van der Waals surface area contributed by atoms with E-state index in [2.05, 4.69) is 58.4 Å². The van der Waals surface area contributed by atoms with Gasteiger partial charge in [-0.3, -0.25) is 0 Å². The number of methoxy groups -OCH3 is 1. The average Bonchev–Trinajstić information content (AvgIpc) is 2.88. The van der Waals surface area contributed by atoms with Gasteiger partial charge in [0.2, 0.25) is 0 Å². The zero-order valence-corrected chi connectivity index (χ0v) is 19.6. The molecule has 0 saturated carbocycles. The third-order valence-corrected chi connectivity index (χ3v) is 5.91. The summed E-state index contributed by atoms with van der Waals surface area (Å²) in [4.78, 5) is 20.9. The molecule has 7 heteroatoms. The number of benzene rings is 3. The van der Waals surface area contributed by atoms with Crippen LogP contribution in [0.5, 0.6) is 5.75 Å². The van der Waals surface area contributed by atoms with Gasteiger partial charge in [0.05, 0.1) is 19.2 Å². The quantitative estimate of drug-likeness (QED) is 0.419. The van der Waals surface area contributed by atoms with E-state index in [4.69, 9.17) is 9.73 Å². The molecule has 1 heterocycles. The first-order valence-electron chi connectivity index (χ1n) is 11.4. The molecular weight excluding hydrogens is 428 g/mol. The molecule has 0 atom stereocenters. The van der Waals surface area contributed by atoms with Gasteiger partial charge in [0, 0.05) is 37.6 Å². The highest BCUT2D eigenvalue weighted by Gasteiger charge is 2.21. The minimum absolute atomic E-state index is 0.243. The first-order chi connectivity index (χ1) is 16.5. The summed E-state index contributed by atoms with van der Waals surface area (Å²) in [5, 5.41) is 12.7. The standard InChI is InChI=1S/C27H30N4O3/c1-20-6-8-21(9-7-20)19-28-27(29-23-5-3-4-22(18-23)26(32)33)31-16-14-30(15-17-31)24-10-12-25(34-2)13-11-24/h3-13,18H,14-17,19H2,1-2H3,(H,28,29)(H,32,33). The van der Waals surface area contributed by atoms with E-state index in [0.29, 0.717) is 12.2 Å². The number of aryl methyl sites for hydroxylation is 1. The summed E-state index contributed by atoms with van der Waals surface area (Å²) in [6.45, 7) is 5.91. The van der Waals surface area contributed by atoms with Crippen LogP contribution >= 0.6 is 0 Å². The molecule has 0 aliphatic carbocycles. The van der Waals surface area contributed by atoms with Crippen LogP contribution < -0.4 is 15.0 Å². The van der Waals surface area contributed by atoms with Crippen molar-refractivity contribution in [1.82, 2.24) is 4.90 Å². The number of piperazine rings is 1. The molecule has 1 aliphatic heterocycles. The second-order valence-electron chi connectivity index (χ2n) is 8.31. The van der Waals surface area contributed by atoms with Crippen LogP contribution in [0.4, 0.5) is 11.4 Å². The van der Waals surface area contributed by atoms with E-state index >= 15 is 0 Å². The predicted octanol–water partition coefficient (Wildman–Crippen LogP) is 4.49. The van der Waals surface area contributed by atoms with Crippen molar-refractivity contribution in [2.45, 2.75) is 13.5 Å². The Morgan fingerprint density at radius 2 is 1.71 bits per heavy atom. The van der Waals surface area contributed by atoms with Crippen molar-refractivity contribution >= 4 is 23.3 Å². The van der Waals surface area contributed by atoms with Crippen molar-refractivity contribution in [1.29, 1.82) is 0 Å². The lowest BCUT2D eigenvalue weighted by molar-refractivity contribution is 0.0697. The Balaban J connectivity index is 1.50. The van der Waals surface area contributed by atoms with Gasteiger partial charge in [0.15, 0.2) is 5.96 Å². The maximum absolute atomic E-state index is 11.4. The second-order valence-corrected chi connectivity index (χ2v) is 8.31. The lowest BCUT2D eigenvalue weighted by Crippen LogP contribution is -2.50. The number of nitrogens with one attached hydrogen (secondary N) is 1. The molecule has 3 aromatic rings. The molecule has 1 fully saturated rings. The number of guanidine groups is 1. The normalized spacial score (nSPS) is 14.1. The van der Waals surface area contributed by atoms with Crippen LogP contribution in [0.1, 0.15) is 21.5 Å². The van der Waals surface area contributed by atoms with Crippen molar-refractivity contribution in [3.63, 3.8) is 0 Å². The Bertz CT molecular complexity index is 1140. The maximum atomic E-state index is 11.4. The summed E-state index contributed by atoms with van der Waals surface area (Å²) in [7, 11) is 1.67. The largest absolute Gasteiger partial charge is 0.497 e. The highest BCUT2D eigenvalue weighted by atomic mass is 16.5. The summed E-state index contributed by atoms with van der Waals surface area (Å²) < 4.78 is 5.27. The topological polar surface area (TPSA) is 77.4 Å². The van der Waals surface area contributed by atoms with E-state index in [1.165, 1.54) is 11.3 Å². The number of nitrogens with zero attached hydrogens (tertiary/aromatic N) is 3. The molecule has 0 bridgehead atoms. The molecule has 2 N–H and O–H groups in total. The van der Waals surface area contributed by atoms with E-state index in [0.717, 1.165) is 43.5 Å². The number of hydrogen-bond acceptors (Lipinski definition) is 4. The molecule has 4 rings (SSSR count). The van der Waals surface area contributed by atoms with Gasteiger partial charge in [-0.05, 0) is 55.0 Å². The van der Waals surface area contributed by atoms with Gasteiger partial charge in [-0.15, -0.1) is 0 Å². The van der Waals surface area contributed by atoms with Gasteiger partial charge in [0.1, 0.15) is 5.75 Å². The van der Waals surface area contributed by atoms with Crippen molar-refractivity contribution in [3.05, 3.63) is 89.5 Å². The molecular formula is C27H30N4O3. The zero-order valence-electron chi connectivity index (χ0n) is 19.6. The Labute approximate surface area is 200 Å². The smallest absolute Gasteiger partial charge is 0.335 e. The van der Waals surface area contributed by atoms with E-state index in [1.54, 1.807) is 25.3 Å². The highest BCUT2D eigenvalue weighted by Crippen LogP contribution is 2.21. The molecule has 176 valence electrons. The van der Waals surface area contributed by atoms with Crippen LogP contribution in [0.3, 0.4) is 0 Å². The van der Waals surface area contributed by atoms with Gasteiger partial charge in [-0.1, -0.05) is 35.9 Å². The van der Waals surface area contributed by atoms with Crippen molar-refractivity contribution in [2.75, 3.05) is 43.5 Å². The maximum Gasteiger partial charge on any atom is 0.335 e. The molecule has 0 unspecified atom stereocenters. The fourth-order valence-corrected chi connectivity index (χ4v) is 3.91. The molecule has 0 spiro atoms. The van der Waals surface area contributed by atoms with E-state index in [-0.39, 0.29) is 5.56 Å². The number of rotatable bonds is 6. The van der Waals surface area contributed by atoms with Crippen LogP contribution in [0.25, 0.3) is 0 Å². The lowest BCUT2D eigenvalue weighted by Gasteiger charge is -2.37. The van der Waals surface area contributed by atoms with Gasteiger partial charge < -0.3 is 25.0 Å². The van der Waals surface area contributed by atoms with Gasteiger partial charge in [0.25, 0.3) is 0 Å². The van der Waals surface area contributed by atoms with E-state index < -0.39 is 5.97 Å². The minimum Gasteiger partial charge on any atom is -0.497 e. The molecule has 0 aromatic heterocycles. The molecule has 3 aromatic carbocycles. The van der Waals surface area contributed by atoms with Crippen molar-refractivity contribution < 1.29 is 14.6 Å². The molecule has 34 heavy (non-hydrogen) atoms. The fourth-order valence-electron chi connectivity index (χ4n) is 3.91. The summed E-state index contributed by atoms with van der Waals surface area (Å²) in [5.41, 5.74) is 4.46. The number of hydrogen-bond donors (Lipinski definition) is 2. The molecule has 1 aliphatic rings. The number of ether oxygens (including phenoxy) is 1.